The zero-order valence-electron chi connectivity index (χ0n) is 22.6. The van der Waals surface area contributed by atoms with Crippen LogP contribution in [0.5, 0.6) is 17.2 Å². The summed E-state index contributed by atoms with van der Waals surface area (Å²) < 4.78 is 45.1. The molecule has 0 spiro atoms. The number of nitrogens with zero attached hydrogens (tertiary/aromatic N) is 1. The Kier molecular flexibility index (Phi) is 10.4. The van der Waals surface area contributed by atoms with Gasteiger partial charge < -0.3 is 14.2 Å². The molecule has 1 heterocycles. The topological polar surface area (TPSA) is 124 Å². The minimum atomic E-state index is -3.92. The molecule has 1 saturated carbocycles. The molecule has 1 fully saturated rings. The van der Waals surface area contributed by atoms with Crippen molar-refractivity contribution in [3.8, 4) is 17.2 Å². The molecule has 0 bridgehead atoms. The first-order chi connectivity index (χ1) is 19.4. The van der Waals surface area contributed by atoms with Crippen molar-refractivity contribution in [1.82, 2.24) is 10.5 Å². The Labute approximate surface area is 235 Å². The number of unbranched alkanes of at least 4 members (excludes halogenated alkanes) is 1. The first-order valence-electron chi connectivity index (χ1n) is 13.5. The van der Waals surface area contributed by atoms with Gasteiger partial charge in [0.15, 0.2) is 21.3 Å². The molecular weight excluding hydrogens is 532 g/mol. The van der Waals surface area contributed by atoms with Crippen molar-refractivity contribution in [3.05, 3.63) is 78.6 Å². The van der Waals surface area contributed by atoms with E-state index in [0.717, 1.165) is 25.7 Å². The van der Waals surface area contributed by atoms with Crippen molar-refractivity contribution in [2.24, 2.45) is 0 Å². The van der Waals surface area contributed by atoms with E-state index in [4.69, 9.17) is 19.4 Å². The molecule has 1 aliphatic rings. The van der Waals surface area contributed by atoms with Crippen molar-refractivity contribution >= 4 is 15.7 Å². The van der Waals surface area contributed by atoms with Crippen molar-refractivity contribution in [1.29, 1.82) is 0 Å². The van der Waals surface area contributed by atoms with E-state index in [1.165, 1.54) is 24.8 Å². The van der Waals surface area contributed by atoms with Gasteiger partial charge in [0.25, 0.3) is 0 Å². The third-order valence-corrected chi connectivity index (χ3v) is 9.28. The number of carbonyl (C=O) groups is 1. The third kappa shape index (κ3) is 7.95. The average molecular weight is 569 g/mol. The van der Waals surface area contributed by atoms with Gasteiger partial charge in [-0.2, -0.15) is 0 Å². The molecule has 2 N–H and O–H groups in total. The minimum absolute atomic E-state index is 0.0376. The maximum Gasteiger partial charge on any atom is 0.244 e. The van der Waals surface area contributed by atoms with Crippen molar-refractivity contribution in [2.75, 3.05) is 7.11 Å². The SMILES string of the molecule is COc1ccc(S(=O)(=O)C(CCCCc2ccccc2)CC(=O)NO)cc1O[C@@H]1CC[C@H](Oc2cccnc2)C1. The Bertz CT molecular complexity index is 1340. The highest BCUT2D eigenvalue weighted by Crippen LogP contribution is 2.36. The van der Waals surface area contributed by atoms with Crippen LogP contribution in [-0.2, 0) is 21.1 Å². The van der Waals surface area contributed by atoms with Crippen LogP contribution in [0.4, 0.5) is 0 Å². The van der Waals surface area contributed by atoms with Crippen LogP contribution < -0.4 is 19.7 Å². The number of aryl methyl sites for hydroxylation is 1. The summed E-state index contributed by atoms with van der Waals surface area (Å²) in [5, 5.41) is 8.08. The summed E-state index contributed by atoms with van der Waals surface area (Å²) in [4.78, 5) is 16.1. The second-order valence-electron chi connectivity index (χ2n) is 9.93. The molecule has 214 valence electrons. The number of hydrogen-bond acceptors (Lipinski definition) is 8. The number of pyridine rings is 1. The quantitative estimate of drug-likeness (QED) is 0.160. The summed E-state index contributed by atoms with van der Waals surface area (Å²) in [5.74, 6) is 0.695. The number of amides is 1. The summed E-state index contributed by atoms with van der Waals surface area (Å²) in [6.07, 6.45) is 7.44. The smallest absolute Gasteiger partial charge is 0.244 e. The van der Waals surface area contributed by atoms with Crippen molar-refractivity contribution in [3.63, 3.8) is 0 Å². The number of methoxy groups -OCH3 is 1. The van der Waals surface area contributed by atoms with Crippen LogP contribution in [0.15, 0.2) is 78.0 Å². The lowest BCUT2D eigenvalue weighted by Crippen LogP contribution is -2.30. The first-order valence-corrected chi connectivity index (χ1v) is 15.1. The maximum absolute atomic E-state index is 13.7. The molecule has 3 atom stereocenters. The normalized spacial score (nSPS) is 17.6. The number of aromatic nitrogens is 1. The Hall–Kier alpha value is -3.63. The van der Waals surface area contributed by atoms with Gasteiger partial charge in [0.1, 0.15) is 18.0 Å². The number of nitrogens with one attached hydrogen (secondary N) is 1. The fourth-order valence-electron chi connectivity index (χ4n) is 4.99. The standard InChI is InChI=1S/C30H36N2O7S/c1-37-28-16-15-27(19-29(28)39-24-14-13-23(18-24)38-25-11-7-17-31-21-25)40(35,36)26(20-30(33)32-34)12-6-5-10-22-8-3-2-4-9-22/h2-4,7-9,11,15-17,19,21,23-24,26,34H,5-6,10,12-14,18,20H2,1H3,(H,32,33)/t23-,24+,26?/m0/s1. The van der Waals surface area contributed by atoms with Crippen LogP contribution in [0.1, 0.15) is 50.5 Å². The third-order valence-electron chi connectivity index (χ3n) is 7.09. The minimum Gasteiger partial charge on any atom is -0.493 e. The fourth-order valence-corrected chi connectivity index (χ4v) is 6.75. The van der Waals surface area contributed by atoms with E-state index in [2.05, 4.69) is 4.98 Å². The van der Waals surface area contributed by atoms with E-state index in [1.54, 1.807) is 23.9 Å². The lowest BCUT2D eigenvalue weighted by atomic mass is 10.1. The largest absolute Gasteiger partial charge is 0.493 e. The molecule has 1 amide bonds. The molecule has 1 aliphatic carbocycles. The van der Waals surface area contributed by atoms with Gasteiger partial charge in [0, 0.05) is 25.1 Å². The van der Waals surface area contributed by atoms with Crippen LogP contribution in [0.2, 0.25) is 0 Å². The zero-order valence-corrected chi connectivity index (χ0v) is 23.4. The van der Waals surface area contributed by atoms with Gasteiger partial charge in [-0.05, 0) is 61.9 Å². The molecule has 0 radical (unpaired) electrons. The van der Waals surface area contributed by atoms with Gasteiger partial charge in [-0.25, -0.2) is 13.9 Å². The second kappa shape index (κ2) is 14.1. The van der Waals surface area contributed by atoms with Crippen molar-refractivity contribution < 1.29 is 32.6 Å². The summed E-state index contributed by atoms with van der Waals surface area (Å²) in [7, 11) is -2.42. The average Bonchev–Trinajstić information content (AvgIpc) is 3.41. The van der Waals surface area contributed by atoms with E-state index >= 15 is 0 Å². The summed E-state index contributed by atoms with van der Waals surface area (Å²) >= 11 is 0. The Morgan fingerprint density at radius 3 is 2.50 bits per heavy atom. The van der Waals surface area contributed by atoms with E-state index < -0.39 is 21.0 Å². The predicted octanol–water partition coefficient (Wildman–Crippen LogP) is 4.92. The molecule has 2 aromatic carbocycles. The summed E-state index contributed by atoms with van der Waals surface area (Å²) in [6.45, 7) is 0. The highest BCUT2D eigenvalue weighted by atomic mass is 32.2. The first kappa shape index (κ1) is 29.4. The van der Waals surface area contributed by atoms with E-state index in [1.807, 2.05) is 42.5 Å². The van der Waals surface area contributed by atoms with Crippen LogP contribution in [0, 0.1) is 0 Å². The van der Waals surface area contributed by atoms with Gasteiger partial charge in [0.05, 0.1) is 23.5 Å². The number of rotatable bonds is 14. The van der Waals surface area contributed by atoms with Crippen LogP contribution >= 0.6 is 0 Å². The Morgan fingerprint density at radius 2 is 1.80 bits per heavy atom. The number of sulfone groups is 1. The second-order valence-corrected chi connectivity index (χ2v) is 12.2. The summed E-state index contributed by atoms with van der Waals surface area (Å²) in [5.41, 5.74) is 2.74. The van der Waals surface area contributed by atoms with E-state index in [-0.39, 0.29) is 29.9 Å². The maximum atomic E-state index is 13.7. The molecule has 4 rings (SSSR count). The van der Waals surface area contributed by atoms with Gasteiger partial charge >= 0.3 is 0 Å². The lowest BCUT2D eigenvalue weighted by Gasteiger charge is -2.20. The van der Waals surface area contributed by atoms with E-state index in [9.17, 15) is 13.2 Å². The molecule has 1 unspecified atom stereocenters. The molecule has 40 heavy (non-hydrogen) atoms. The molecule has 0 saturated heterocycles. The van der Waals surface area contributed by atoms with Gasteiger partial charge in [-0.1, -0.05) is 36.8 Å². The highest BCUT2D eigenvalue weighted by Gasteiger charge is 2.32. The van der Waals surface area contributed by atoms with Crippen molar-refractivity contribution in [2.45, 2.75) is 73.7 Å². The van der Waals surface area contributed by atoms with Crippen LogP contribution in [0.25, 0.3) is 0 Å². The molecule has 3 aromatic rings. The number of carbonyl (C=O) groups excluding carboxylic acids is 1. The number of ether oxygens (including phenoxy) is 3. The Balaban J connectivity index is 1.44. The number of hydroxylamine groups is 1. The highest BCUT2D eigenvalue weighted by molar-refractivity contribution is 7.92. The van der Waals surface area contributed by atoms with E-state index in [0.29, 0.717) is 30.1 Å². The fraction of sp³-hybridized carbons (Fsp3) is 0.400. The van der Waals surface area contributed by atoms with Crippen LogP contribution in [-0.4, -0.2) is 49.1 Å². The Morgan fingerprint density at radius 1 is 1.02 bits per heavy atom. The predicted molar refractivity (Wildman–Crippen MR) is 149 cm³/mol. The number of benzene rings is 2. The van der Waals surface area contributed by atoms with Gasteiger partial charge in [-0.15, -0.1) is 0 Å². The monoisotopic (exact) mass is 568 g/mol. The van der Waals surface area contributed by atoms with Crippen LogP contribution in [0.3, 0.4) is 0 Å². The summed E-state index contributed by atoms with van der Waals surface area (Å²) in [6, 6.07) is 18.1. The van der Waals surface area contributed by atoms with Gasteiger partial charge in [-0.3, -0.25) is 15.0 Å². The lowest BCUT2D eigenvalue weighted by molar-refractivity contribution is -0.129. The number of hydrogen-bond donors (Lipinski definition) is 2. The molecule has 1 aromatic heterocycles. The molecule has 0 aliphatic heterocycles. The molecule has 10 heteroatoms. The zero-order chi connectivity index (χ0) is 28.4. The van der Waals surface area contributed by atoms with Gasteiger partial charge in [0.2, 0.25) is 5.91 Å². The molecular formula is C30H36N2O7S. The molecule has 9 nitrogen and oxygen atoms in total.